The van der Waals surface area contributed by atoms with Crippen molar-refractivity contribution in [2.75, 3.05) is 10.6 Å². The van der Waals surface area contributed by atoms with E-state index in [1.165, 1.54) is 24.4 Å². The topological polar surface area (TPSA) is 66.9 Å². The lowest BCUT2D eigenvalue weighted by Crippen LogP contribution is -2.13. The fourth-order valence-electron chi connectivity index (χ4n) is 2.44. The minimum absolute atomic E-state index is 0.0891. The Kier molecular flexibility index (Phi) is 5.43. The number of nitrogens with one attached hydrogen (secondary N) is 2. The second kappa shape index (κ2) is 7.93. The van der Waals surface area contributed by atoms with Crippen molar-refractivity contribution in [2.24, 2.45) is 0 Å². The minimum atomic E-state index is -0.452. The van der Waals surface area contributed by atoms with Crippen LogP contribution < -0.4 is 10.6 Å². The molecule has 7 heteroatoms. The van der Waals surface area contributed by atoms with Gasteiger partial charge in [0.1, 0.15) is 16.8 Å². The maximum absolute atomic E-state index is 13.3. The van der Waals surface area contributed by atoms with E-state index in [0.29, 0.717) is 16.7 Å². The predicted molar refractivity (Wildman–Crippen MR) is 99.9 cm³/mol. The molecule has 0 radical (unpaired) electrons. The second-order valence-corrected chi connectivity index (χ2v) is 6.07. The highest BCUT2D eigenvalue weighted by Gasteiger charge is 2.10. The van der Waals surface area contributed by atoms with Crippen molar-refractivity contribution in [2.45, 2.75) is 13.0 Å². The highest BCUT2D eigenvalue weighted by Crippen LogP contribution is 2.21. The molecule has 0 unspecified atom stereocenters. The van der Waals surface area contributed by atoms with E-state index in [2.05, 4.69) is 20.6 Å². The predicted octanol–water partition coefficient (Wildman–Crippen LogP) is 4.69. The molecule has 3 rings (SSSR count). The molecule has 0 saturated heterocycles. The van der Waals surface area contributed by atoms with E-state index < -0.39 is 5.82 Å². The third-order valence-corrected chi connectivity index (χ3v) is 3.88. The number of rotatable bonds is 5. The molecular weight excluding hydrogens is 355 g/mol. The van der Waals surface area contributed by atoms with Crippen molar-refractivity contribution >= 4 is 29.0 Å². The largest absolute Gasteiger partial charge is 0.362 e. The third-order valence-electron chi connectivity index (χ3n) is 3.70. The first-order valence-electron chi connectivity index (χ1n) is 7.92. The monoisotopic (exact) mass is 370 g/mol. The summed E-state index contributed by atoms with van der Waals surface area (Å²) >= 11 is 5.84. The molecule has 1 heterocycles. The Morgan fingerprint density at radius 1 is 1.15 bits per heavy atom. The van der Waals surface area contributed by atoms with Crippen LogP contribution in [0.15, 0.2) is 60.9 Å². The first kappa shape index (κ1) is 17.8. The van der Waals surface area contributed by atoms with Gasteiger partial charge in [0.15, 0.2) is 0 Å². The van der Waals surface area contributed by atoms with Gasteiger partial charge < -0.3 is 10.6 Å². The number of carbonyl (C=O) groups excluding carboxylic acids is 1. The van der Waals surface area contributed by atoms with Gasteiger partial charge in [0.2, 0.25) is 0 Å². The maximum atomic E-state index is 13.3. The summed E-state index contributed by atoms with van der Waals surface area (Å²) in [6.45, 7) is 1.95. The molecule has 1 aromatic heterocycles. The van der Waals surface area contributed by atoms with E-state index in [1.807, 2.05) is 25.1 Å². The zero-order valence-corrected chi connectivity index (χ0v) is 14.7. The first-order chi connectivity index (χ1) is 12.5. The standard InChI is InChI=1S/C19H16ClFN4O/c1-12(23-18-11-22-10-17(20)25-18)13-4-3-7-16(9-13)24-19(26)14-5-2-6-15(21)8-14/h2-12H,1H3,(H,23,25)(H,24,26)/t12-/m0/s1. The molecule has 0 spiro atoms. The molecule has 3 aromatic rings. The molecular formula is C19H16ClFN4O. The van der Waals surface area contributed by atoms with Crippen LogP contribution in [0.5, 0.6) is 0 Å². The Bertz CT molecular complexity index is 935. The first-order valence-corrected chi connectivity index (χ1v) is 8.30. The van der Waals surface area contributed by atoms with Crippen LogP contribution in [-0.2, 0) is 0 Å². The number of anilines is 2. The average molecular weight is 371 g/mol. The Hall–Kier alpha value is -2.99. The molecule has 5 nitrogen and oxygen atoms in total. The number of aromatic nitrogens is 2. The van der Waals surface area contributed by atoms with Gasteiger partial charge in [-0.1, -0.05) is 29.8 Å². The summed E-state index contributed by atoms with van der Waals surface area (Å²) in [4.78, 5) is 20.4. The molecule has 0 fully saturated rings. The minimum Gasteiger partial charge on any atom is -0.362 e. The van der Waals surface area contributed by atoms with Crippen LogP contribution >= 0.6 is 11.6 Å². The van der Waals surface area contributed by atoms with Crippen molar-refractivity contribution in [3.63, 3.8) is 0 Å². The van der Waals surface area contributed by atoms with Gasteiger partial charge in [-0.2, -0.15) is 0 Å². The fraction of sp³-hybridized carbons (Fsp3) is 0.105. The number of nitrogens with zero attached hydrogens (tertiary/aromatic N) is 2. The van der Waals surface area contributed by atoms with E-state index in [-0.39, 0.29) is 17.5 Å². The Morgan fingerprint density at radius 3 is 2.73 bits per heavy atom. The quantitative estimate of drug-likeness (QED) is 0.683. The summed E-state index contributed by atoms with van der Waals surface area (Å²) in [6.07, 6.45) is 3.04. The lowest BCUT2D eigenvalue weighted by atomic mass is 10.1. The van der Waals surface area contributed by atoms with E-state index in [9.17, 15) is 9.18 Å². The summed E-state index contributed by atoms with van der Waals surface area (Å²) in [7, 11) is 0. The Balaban J connectivity index is 1.72. The van der Waals surface area contributed by atoms with Gasteiger partial charge in [0, 0.05) is 11.3 Å². The average Bonchev–Trinajstić information content (AvgIpc) is 2.62. The summed E-state index contributed by atoms with van der Waals surface area (Å²) in [5.41, 5.74) is 1.81. The molecule has 0 aliphatic carbocycles. The van der Waals surface area contributed by atoms with Gasteiger partial charge in [-0.25, -0.2) is 9.37 Å². The number of halogens is 2. The lowest BCUT2D eigenvalue weighted by Gasteiger charge is -2.16. The molecule has 1 amide bonds. The highest BCUT2D eigenvalue weighted by molar-refractivity contribution is 6.29. The van der Waals surface area contributed by atoms with Crippen molar-refractivity contribution in [3.05, 3.63) is 83.0 Å². The Morgan fingerprint density at radius 2 is 1.96 bits per heavy atom. The van der Waals surface area contributed by atoms with E-state index in [1.54, 1.807) is 18.3 Å². The van der Waals surface area contributed by atoms with Gasteiger partial charge in [0.05, 0.1) is 18.4 Å². The van der Waals surface area contributed by atoms with Crippen LogP contribution in [0.3, 0.4) is 0 Å². The molecule has 2 N–H and O–H groups in total. The molecule has 0 aliphatic rings. The van der Waals surface area contributed by atoms with Crippen LogP contribution in [0.25, 0.3) is 0 Å². The molecule has 0 bridgehead atoms. The summed E-state index contributed by atoms with van der Waals surface area (Å²) in [6, 6.07) is 12.8. The van der Waals surface area contributed by atoms with Gasteiger partial charge in [-0.3, -0.25) is 9.78 Å². The van der Waals surface area contributed by atoms with Crippen LogP contribution in [-0.4, -0.2) is 15.9 Å². The van der Waals surface area contributed by atoms with E-state index in [0.717, 1.165) is 5.56 Å². The molecule has 26 heavy (non-hydrogen) atoms. The van der Waals surface area contributed by atoms with E-state index >= 15 is 0 Å². The summed E-state index contributed by atoms with van der Waals surface area (Å²) in [5.74, 6) is -0.269. The van der Waals surface area contributed by atoms with Gasteiger partial charge in [0.25, 0.3) is 5.91 Å². The zero-order valence-electron chi connectivity index (χ0n) is 13.9. The number of carbonyl (C=O) groups is 1. The van der Waals surface area contributed by atoms with Gasteiger partial charge >= 0.3 is 0 Å². The molecule has 1 atom stereocenters. The SMILES string of the molecule is C[C@H](Nc1cncc(Cl)n1)c1cccc(NC(=O)c2cccc(F)c2)c1. The molecule has 0 aliphatic heterocycles. The van der Waals surface area contributed by atoms with Crippen LogP contribution in [0.4, 0.5) is 15.9 Å². The van der Waals surface area contributed by atoms with Gasteiger partial charge in [-0.15, -0.1) is 0 Å². The van der Waals surface area contributed by atoms with Gasteiger partial charge in [-0.05, 0) is 42.8 Å². The number of hydrogen-bond acceptors (Lipinski definition) is 4. The maximum Gasteiger partial charge on any atom is 0.255 e. The number of hydrogen-bond donors (Lipinski definition) is 2. The lowest BCUT2D eigenvalue weighted by molar-refractivity contribution is 0.102. The van der Waals surface area contributed by atoms with Crippen molar-refractivity contribution in [1.29, 1.82) is 0 Å². The zero-order chi connectivity index (χ0) is 18.5. The van der Waals surface area contributed by atoms with Crippen LogP contribution in [0.2, 0.25) is 5.15 Å². The highest BCUT2D eigenvalue weighted by atomic mass is 35.5. The van der Waals surface area contributed by atoms with Crippen molar-refractivity contribution in [1.82, 2.24) is 9.97 Å². The van der Waals surface area contributed by atoms with Crippen LogP contribution in [0, 0.1) is 5.82 Å². The second-order valence-electron chi connectivity index (χ2n) is 5.68. The van der Waals surface area contributed by atoms with E-state index in [4.69, 9.17) is 11.6 Å². The van der Waals surface area contributed by atoms with Crippen molar-refractivity contribution < 1.29 is 9.18 Å². The number of amides is 1. The van der Waals surface area contributed by atoms with Crippen molar-refractivity contribution in [3.8, 4) is 0 Å². The fourth-order valence-corrected chi connectivity index (χ4v) is 2.58. The Labute approximate surface area is 155 Å². The number of benzene rings is 2. The molecule has 0 saturated carbocycles. The smallest absolute Gasteiger partial charge is 0.255 e. The molecule has 2 aromatic carbocycles. The summed E-state index contributed by atoms with van der Waals surface area (Å²) in [5, 5.41) is 6.27. The normalized spacial score (nSPS) is 11.7. The third kappa shape index (κ3) is 4.55. The van der Waals surface area contributed by atoms with Crippen LogP contribution in [0.1, 0.15) is 28.9 Å². The summed E-state index contributed by atoms with van der Waals surface area (Å²) < 4.78 is 13.3. The molecule has 132 valence electrons.